The first-order valence-corrected chi connectivity index (χ1v) is 11.5. The molecule has 4 heteroatoms. The molecule has 0 spiro atoms. The second-order valence-electron chi connectivity index (χ2n) is 8.02. The van der Waals surface area contributed by atoms with E-state index >= 15 is 0 Å². The predicted octanol–water partition coefficient (Wildman–Crippen LogP) is 7.07. The van der Waals surface area contributed by atoms with Gasteiger partial charge in [-0.15, -0.1) is 0 Å². The van der Waals surface area contributed by atoms with Gasteiger partial charge in [0.05, 0.1) is 0 Å². The Morgan fingerprint density at radius 2 is 1.38 bits per heavy atom. The Kier molecular flexibility index (Phi) is 7.46. The Morgan fingerprint density at radius 1 is 0.824 bits per heavy atom. The molecule has 0 bridgehead atoms. The maximum absolute atomic E-state index is 14.2. The Labute approximate surface area is 205 Å². The first kappa shape index (κ1) is 23.3. The summed E-state index contributed by atoms with van der Waals surface area (Å²) in [6.45, 7) is 4.10. The van der Waals surface area contributed by atoms with Crippen LogP contribution in [0.4, 0.5) is 5.69 Å². The Balaban J connectivity index is 1.77. The summed E-state index contributed by atoms with van der Waals surface area (Å²) in [4.78, 5) is 14.2. The van der Waals surface area contributed by atoms with Gasteiger partial charge in [-0.2, -0.15) is 0 Å². The van der Waals surface area contributed by atoms with Crippen molar-refractivity contribution in [2.75, 3.05) is 11.9 Å². The Morgan fingerprint density at radius 3 is 1.91 bits per heavy atom. The van der Waals surface area contributed by atoms with E-state index in [2.05, 4.69) is 11.9 Å². The predicted molar refractivity (Wildman–Crippen MR) is 140 cm³/mol. The Bertz CT molecular complexity index is 1180. The maximum atomic E-state index is 14.2. The van der Waals surface area contributed by atoms with Crippen LogP contribution in [0.5, 0.6) is 5.75 Å². The summed E-state index contributed by atoms with van der Waals surface area (Å²) in [5.74, 6) is 0.607. The van der Waals surface area contributed by atoms with Crippen LogP contribution < -0.4 is 10.1 Å². The van der Waals surface area contributed by atoms with Gasteiger partial charge in [0.25, 0.3) is 0 Å². The second kappa shape index (κ2) is 10.9. The topological polar surface area (TPSA) is 38.3 Å². The molecule has 170 valence electrons. The zero-order valence-corrected chi connectivity index (χ0v) is 19.5. The van der Waals surface area contributed by atoms with Crippen molar-refractivity contribution in [1.82, 2.24) is 0 Å². The lowest BCUT2D eigenvalue weighted by atomic mass is 9.69. The zero-order valence-electron chi connectivity index (χ0n) is 18.8. The molecule has 4 aromatic rings. The van der Waals surface area contributed by atoms with Crippen molar-refractivity contribution in [2.45, 2.75) is 11.8 Å². The van der Waals surface area contributed by atoms with Gasteiger partial charge in [-0.05, 0) is 59.5 Å². The highest BCUT2D eigenvalue weighted by molar-refractivity contribution is 6.30. The molecular weight excluding hydrogens is 442 g/mol. The molecule has 4 aromatic carbocycles. The quantitative estimate of drug-likeness (QED) is 0.267. The fourth-order valence-electron chi connectivity index (χ4n) is 4.09. The van der Waals surface area contributed by atoms with Crippen molar-refractivity contribution in [3.05, 3.63) is 144 Å². The maximum Gasteiger partial charge on any atom is 0.239 e. The molecule has 0 heterocycles. The molecule has 0 radical (unpaired) electrons. The fourth-order valence-corrected chi connectivity index (χ4v) is 4.22. The smallest absolute Gasteiger partial charge is 0.239 e. The molecule has 1 amide bonds. The van der Waals surface area contributed by atoms with E-state index < -0.39 is 5.41 Å². The molecule has 0 aliphatic carbocycles. The van der Waals surface area contributed by atoms with Crippen LogP contribution in [-0.4, -0.2) is 12.5 Å². The van der Waals surface area contributed by atoms with Crippen molar-refractivity contribution in [2.24, 2.45) is 0 Å². The number of hydrogen-bond donors (Lipinski definition) is 1. The molecular formula is C30H26ClNO2. The SMILES string of the molecule is C=CCOc1ccc(NC(=O)C(Cc2ccc(Cl)cc2)(c2ccccc2)c2ccccc2)cc1. The van der Waals surface area contributed by atoms with Crippen molar-refractivity contribution in [1.29, 1.82) is 0 Å². The van der Waals surface area contributed by atoms with E-state index in [4.69, 9.17) is 16.3 Å². The van der Waals surface area contributed by atoms with Crippen LogP contribution in [0.15, 0.2) is 122 Å². The van der Waals surface area contributed by atoms with Crippen molar-refractivity contribution < 1.29 is 9.53 Å². The second-order valence-corrected chi connectivity index (χ2v) is 8.46. The molecule has 3 nitrogen and oxygen atoms in total. The first-order valence-electron chi connectivity index (χ1n) is 11.1. The number of benzene rings is 4. The summed E-state index contributed by atoms with van der Waals surface area (Å²) in [6.07, 6.45) is 2.17. The molecule has 0 unspecified atom stereocenters. The molecule has 0 aliphatic rings. The number of anilines is 1. The number of halogens is 1. The fraction of sp³-hybridized carbons (Fsp3) is 0.100. The number of amides is 1. The summed E-state index contributed by atoms with van der Waals surface area (Å²) >= 11 is 6.14. The van der Waals surface area contributed by atoms with Gasteiger partial charge in [-0.1, -0.05) is 97.1 Å². The third-order valence-corrected chi connectivity index (χ3v) is 6.04. The van der Waals surface area contributed by atoms with E-state index in [1.54, 1.807) is 6.08 Å². The summed E-state index contributed by atoms with van der Waals surface area (Å²) in [7, 11) is 0. The Hall–Kier alpha value is -3.82. The van der Waals surface area contributed by atoms with Crippen molar-refractivity contribution in [3.8, 4) is 5.75 Å². The van der Waals surface area contributed by atoms with Gasteiger partial charge in [0.2, 0.25) is 5.91 Å². The highest BCUT2D eigenvalue weighted by Gasteiger charge is 2.42. The summed E-state index contributed by atoms with van der Waals surface area (Å²) in [6, 6.07) is 34.9. The van der Waals surface area contributed by atoms with Crippen LogP contribution in [0.1, 0.15) is 16.7 Å². The summed E-state index contributed by atoms with van der Waals surface area (Å²) in [5, 5.41) is 3.82. The largest absolute Gasteiger partial charge is 0.490 e. The van der Waals surface area contributed by atoms with Crippen molar-refractivity contribution >= 4 is 23.2 Å². The van der Waals surface area contributed by atoms with Crippen LogP contribution in [0, 0.1) is 0 Å². The van der Waals surface area contributed by atoms with Gasteiger partial charge >= 0.3 is 0 Å². The molecule has 0 aromatic heterocycles. The van der Waals surface area contributed by atoms with Crippen LogP contribution in [-0.2, 0) is 16.6 Å². The third kappa shape index (κ3) is 5.22. The number of nitrogens with one attached hydrogen (secondary N) is 1. The average molecular weight is 468 g/mol. The normalized spacial score (nSPS) is 11.0. The minimum absolute atomic E-state index is 0.111. The minimum Gasteiger partial charge on any atom is -0.490 e. The molecule has 1 N–H and O–H groups in total. The van der Waals surface area contributed by atoms with Gasteiger partial charge in [-0.25, -0.2) is 0 Å². The molecule has 0 saturated carbocycles. The van der Waals surface area contributed by atoms with Gasteiger partial charge < -0.3 is 10.1 Å². The molecule has 0 aliphatic heterocycles. The number of rotatable bonds is 9. The summed E-state index contributed by atoms with van der Waals surface area (Å²) in [5.41, 5.74) is 2.59. The van der Waals surface area contributed by atoms with Crippen LogP contribution in [0.25, 0.3) is 0 Å². The first-order chi connectivity index (χ1) is 16.6. The lowest BCUT2D eigenvalue weighted by Crippen LogP contribution is -2.43. The number of carbonyl (C=O) groups is 1. The minimum atomic E-state index is -0.950. The summed E-state index contributed by atoms with van der Waals surface area (Å²) < 4.78 is 5.57. The molecule has 0 fully saturated rings. The van der Waals surface area contributed by atoms with E-state index in [0.717, 1.165) is 22.4 Å². The lowest BCUT2D eigenvalue weighted by Gasteiger charge is -2.34. The highest BCUT2D eigenvalue weighted by Crippen LogP contribution is 2.37. The molecule has 4 rings (SSSR count). The van der Waals surface area contributed by atoms with E-state index in [1.165, 1.54) is 0 Å². The van der Waals surface area contributed by atoms with E-state index in [-0.39, 0.29) is 5.91 Å². The van der Waals surface area contributed by atoms with Crippen LogP contribution in [0.3, 0.4) is 0 Å². The zero-order chi connectivity index (χ0) is 23.8. The van der Waals surface area contributed by atoms with Crippen LogP contribution >= 0.6 is 11.6 Å². The monoisotopic (exact) mass is 467 g/mol. The van der Waals surface area contributed by atoms with Gasteiger partial charge in [0, 0.05) is 10.7 Å². The molecule has 0 atom stereocenters. The standard InChI is InChI=1S/C30H26ClNO2/c1-2-21-34-28-19-17-27(18-20-28)32-29(33)30(24-9-5-3-6-10-24,25-11-7-4-8-12-25)22-23-13-15-26(31)16-14-23/h2-20H,1,21-22H2,(H,32,33). The van der Waals surface area contributed by atoms with Gasteiger partial charge in [0.1, 0.15) is 17.8 Å². The van der Waals surface area contributed by atoms with Crippen LogP contribution in [0.2, 0.25) is 5.02 Å². The number of hydrogen-bond acceptors (Lipinski definition) is 2. The third-order valence-electron chi connectivity index (χ3n) is 5.78. The van der Waals surface area contributed by atoms with E-state index in [9.17, 15) is 4.79 Å². The van der Waals surface area contributed by atoms with E-state index in [1.807, 2.05) is 109 Å². The number of ether oxygens (including phenoxy) is 1. The number of carbonyl (C=O) groups excluding carboxylic acids is 1. The molecule has 0 saturated heterocycles. The average Bonchev–Trinajstić information content (AvgIpc) is 2.89. The lowest BCUT2D eigenvalue weighted by molar-refractivity contribution is -0.120. The van der Waals surface area contributed by atoms with Gasteiger partial charge in [0.15, 0.2) is 0 Å². The highest BCUT2D eigenvalue weighted by atomic mass is 35.5. The van der Waals surface area contributed by atoms with Gasteiger partial charge in [-0.3, -0.25) is 4.79 Å². The van der Waals surface area contributed by atoms with Crippen molar-refractivity contribution in [3.63, 3.8) is 0 Å². The molecule has 34 heavy (non-hydrogen) atoms. The van der Waals surface area contributed by atoms with E-state index in [0.29, 0.717) is 23.7 Å².